The van der Waals surface area contributed by atoms with Crippen LogP contribution < -0.4 is 0 Å². The number of methoxy groups -OCH3 is 3. The standard InChI is InChI=1S/C17H20O8.C16H18O8.C15H18O6.C13H16O6.C13H18O5.C12H16O5.C10H10O5/c1-7(2)15(19)23-5-4-10(18)24-13-8-6-9-12(11(8)16(20)22-3)17(21)25-14(9)13;1-6(2)14(18)22-5-9(17)23-12-7-4-8-11(10(7)15(19)21-3)16(20)24-13(8)12;1-6(2)13(16)20-5-9-7-4-8-11(10(7)14(17)19-3)15(18)21-12(8)9;1-6(2)12(14)17-4-3-16-10-8-5-7-9(18-8)11(10)19-13(7)15;1-8(2)13(15)16-6-5-12(14)18-11-7-9-3-4-10(11)17-9;1-7(2)12(14)15-6-11(13)17-10-5-8-3-4-9(10)16-8;1-2-6(11)14-8-5-3-4-7(13-5)9(8)15-10(4)12/h8-9,11-14H,1,4-6H2,2-3H3;7-8,10-13H,1,4-5H2,2-3H3;7-12H,1,4-5H2,2-3H3;7-11H,1,3-5H2,2H3;9-11H,1,3-7H2,2H3;8-10H,1,3-6H2,2H3;2,4-5,7-9H,1,3H2. The highest BCUT2D eigenvalue weighted by atomic mass is 16.7. The zero-order valence-corrected chi connectivity index (χ0v) is 78.4. The summed E-state index contributed by atoms with van der Waals surface area (Å²) in [6, 6.07) is 0. The largest absolute Gasteiger partial charge is 0.469 e. The van der Waals surface area contributed by atoms with E-state index in [9.17, 15) is 91.1 Å². The first-order chi connectivity index (χ1) is 66.0. The summed E-state index contributed by atoms with van der Waals surface area (Å²) >= 11 is 0. The van der Waals surface area contributed by atoms with E-state index in [1.54, 1.807) is 20.8 Å². The van der Waals surface area contributed by atoms with Crippen LogP contribution in [0.1, 0.15) is 125 Å². The lowest BCUT2D eigenvalue weighted by atomic mass is 9.74. The molecule has 43 nitrogen and oxygen atoms in total. The van der Waals surface area contributed by atoms with Crippen LogP contribution in [0.15, 0.2) is 85.6 Å². The number of carbonyl (C=O) groups excluding carboxylic acids is 19. The van der Waals surface area contributed by atoms with Crippen molar-refractivity contribution in [3.8, 4) is 0 Å². The van der Waals surface area contributed by atoms with Crippen LogP contribution in [0.4, 0.5) is 0 Å². The molecule has 758 valence electrons. The zero-order chi connectivity index (χ0) is 101. The van der Waals surface area contributed by atoms with Gasteiger partial charge in [-0.1, -0.05) is 46.1 Å². The number of fused-ring (bicyclic) bond motifs is 9. The topological polar surface area (TPSA) is 546 Å². The van der Waals surface area contributed by atoms with Crippen molar-refractivity contribution in [3.05, 3.63) is 85.6 Å². The van der Waals surface area contributed by atoms with Crippen molar-refractivity contribution in [2.24, 2.45) is 88.8 Å². The molecule has 14 bridgehead atoms. The first-order valence-electron chi connectivity index (χ1n) is 46.1. The second-order valence-corrected chi connectivity index (χ2v) is 37.5. The Bertz CT molecular complexity index is 4940. The Morgan fingerprint density at radius 3 is 1.09 bits per heavy atom. The van der Waals surface area contributed by atoms with Crippen molar-refractivity contribution in [3.63, 3.8) is 0 Å². The lowest BCUT2D eigenvalue weighted by Gasteiger charge is -2.29. The van der Waals surface area contributed by atoms with Crippen molar-refractivity contribution in [1.29, 1.82) is 0 Å². The van der Waals surface area contributed by atoms with Gasteiger partial charge in [0.25, 0.3) is 0 Å². The average molecular weight is 1960 g/mol. The highest BCUT2D eigenvalue weighted by Crippen LogP contribution is 2.63. The van der Waals surface area contributed by atoms with E-state index in [4.69, 9.17) is 114 Å². The minimum atomic E-state index is -0.759. The number of ether oxygens (including phenoxy) is 24. The third kappa shape index (κ3) is 22.7. The van der Waals surface area contributed by atoms with Gasteiger partial charge in [0.2, 0.25) is 0 Å². The molecule has 0 aromatic heterocycles. The lowest BCUT2D eigenvalue weighted by Crippen LogP contribution is -2.44. The molecule has 0 spiro atoms. The molecule has 6 aliphatic carbocycles. The molecule has 19 rings (SSSR count). The van der Waals surface area contributed by atoms with Crippen molar-refractivity contribution in [2.45, 2.75) is 241 Å². The molecule has 0 amide bonds. The van der Waals surface area contributed by atoms with E-state index in [0.29, 0.717) is 42.4 Å². The smallest absolute Gasteiger partial charge is 0.344 e. The summed E-state index contributed by atoms with van der Waals surface area (Å²) in [5.74, 6) is -13.4. The molecule has 19 aliphatic rings. The number of hydrogen-bond donors (Lipinski definition) is 0. The third-order valence-electron chi connectivity index (χ3n) is 28.3. The third-order valence-corrected chi connectivity index (χ3v) is 28.3. The van der Waals surface area contributed by atoms with E-state index in [0.717, 1.165) is 51.0 Å². The Kier molecular flexibility index (Phi) is 33.4. The van der Waals surface area contributed by atoms with Gasteiger partial charge in [-0.2, -0.15) is 0 Å². The Labute approximate surface area is 797 Å². The molecule has 0 N–H and O–H groups in total. The quantitative estimate of drug-likeness (QED) is 0.0415. The van der Waals surface area contributed by atoms with Gasteiger partial charge in [-0.25, -0.2) is 43.2 Å². The number of rotatable bonds is 31. The molecular weight excluding hydrogens is 1840 g/mol. The van der Waals surface area contributed by atoms with Crippen LogP contribution in [0.5, 0.6) is 0 Å². The maximum absolute atomic E-state index is 12.0. The fourth-order valence-corrected chi connectivity index (χ4v) is 22.3. The highest BCUT2D eigenvalue weighted by Gasteiger charge is 2.73. The molecule has 0 radical (unpaired) electrons. The van der Waals surface area contributed by atoms with Gasteiger partial charge in [-0.15, -0.1) is 0 Å². The summed E-state index contributed by atoms with van der Waals surface area (Å²) < 4.78 is 124. The van der Waals surface area contributed by atoms with E-state index < -0.39 is 156 Å². The normalized spacial score (nSPS) is 35.8. The van der Waals surface area contributed by atoms with Crippen molar-refractivity contribution < 1.29 is 205 Å². The number of carbonyl (C=O) groups is 19. The van der Waals surface area contributed by atoms with E-state index in [2.05, 4.69) is 46.1 Å². The average Bonchev–Trinajstić information content (AvgIpc) is 1.55. The molecule has 139 heavy (non-hydrogen) atoms. The summed E-state index contributed by atoms with van der Waals surface area (Å²) in [5.41, 5.74) is 1.68. The van der Waals surface area contributed by atoms with E-state index in [1.807, 2.05) is 0 Å². The Hall–Kier alpha value is -12.1. The highest BCUT2D eigenvalue weighted by molar-refractivity contribution is 5.93. The molecule has 6 saturated carbocycles. The molecule has 0 aromatic rings. The SMILES string of the molecule is C=C(C)C(=O)OCC(=O)OC1C2CC3C1OC(=O)C3C2C(=O)OC.C=C(C)C(=O)OCC(=O)OC1CC2CCC1O2.C=C(C)C(=O)OCC1C2CC3C1OC(=O)C3C2C(=O)OC.C=C(C)C(=O)OCCC(=O)OC1C2CC3C1OC(=O)C3C2C(=O)OC.C=C(C)C(=O)OCCC(=O)OC1CC2CCC1O2.C=C(C)C(=O)OCCOC1C2CC3C(=O)OC1C3O2.C=CC(=O)OC1C2CC3C(=O)OC1C3O2. The van der Waals surface area contributed by atoms with Crippen LogP contribution in [0, 0.1) is 88.8 Å². The molecule has 13 saturated heterocycles. The molecule has 34 unspecified atom stereocenters. The van der Waals surface area contributed by atoms with Gasteiger partial charge in [-0.05, 0) is 105 Å². The van der Waals surface area contributed by atoms with Crippen molar-refractivity contribution in [2.75, 3.05) is 67.6 Å². The maximum atomic E-state index is 12.0. The Balaban J connectivity index is 0.000000137. The summed E-state index contributed by atoms with van der Waals surface area (Å²) in [6.45, 7) is 32.8. The van der Waals surface area contributed by atoms with Crippen molar-refractivity contribution >= 4 is 113 Å². The zero-order valence-electron chi connectivity index (χ0n) is 78.4. The molecule has 34 atom stereocenters. The van der Waals surface area contributed by atoms with Gasteiger partial charge < -0.3 is 114 Å². The second kappa shape index (κ2) is 44.6. The fraction of sp³-hybridized carbons (Fsp3) is 0.656. The van der Waals surface area contributed by atoms with Crippen LogP contribution in [0.2, 0.25) is 0 Å². The number of hydrogen-bond acceptors (Lipinski definition) is 43. The van der Waals surface area contributed by atoms with Gasteiger partial charge in [-0.3, -0.25) is 47.9 Å². The number of esters is 19. The monoisotopic (exact) mass is 1960 g/mol. The van der Waals surface area contributed by atoms with Gasteiger partial charge in [0.15, 0.2) is 31.5 Å². The van der Waals surface area contributed by atoms with Gasteiger partial charge in [0.05, 0.1) is 131 Å². The van der Waals surface area contributed by atoms with Gasteiger partial charge in [0.1, 0.15) is 80.9 Å². The maximum Gasteiger partial charge on any atom is 0.344 e. The van der Waals surface area contributed by atoms with Crippen LogP contribution in [-0.4, -0.2) is 297 Å². The molecular formula is C96H116O43. The summed E-state index contributed by atoms with van der Waals surface area (Å²) in [5, 5.41) is 0. The second-order valence-electron chi connectivity index (χ2n) is 37.5. The first kappa shape index (κ1) is 104. The molecule has 13 heterocycles. The fourth-order valence-electron chi connectivity index (χ4n) is 22.3. The summed E-state index contributed by atoms with van der Waals surface area (Å²) in [6.07, 6.45) is 5.31. The van der Waals surface area contributed by atoms with Crippen molar-refractivity contribution in [1.82, 2.24) is 0 Å². The molecule has 13 aliphatic heterocycles. The molecule has 19 fully saturated rings. The molecule has 0 aromatic carbocycles. The van der Waals surface area contributed by atoms with Crippen LogP contribution in [-0.2, 0) is 205 Å². The Morgan fingerprint density at radius 2 is 0.683 bits per heavy atom. The summed E-state index contributed by atoms with van der Waals surface area (Å²) in [4.78, 5) is 220. The minimum absolute atomic E-state index is 0.0261. The predicted molar refractivity (Wildman–Crippen MR) is 456 cm³/mol. The van der Waals surface area contributed by atoms with Crippen LogP contribution >= 0.6 is 0 Å². The first-order valence-corrected chi connectivity index (χ1v) is 46.1. The van der Waals surface area contributed by atoms with Crippen LogP contribution in [0.3, 0.4) is 0 Å². The van der Waals surface area contributed by atoms with Gasteiger partial charge >= 0.3 is 113 Å². The summed E-state index contributed by atoms with van der Waals surface area (Å²) in [7, 11) is 3.84. The van der Waals surface area contributed by atoms with Crippen LogP contribution in [0.25, 0.3) is 0 Å². The van der Waals surface area contributed by atoms with Gasteiger partial charge in [0, 0.05) is 87.9 Å². The van der Waals surface area contributed by atoms with E-state index in [1.165, 1.54) is 42.1 Å². The molecule has 43 heteroatoms. The predicted octanol–water partition coefficient (Wildman–Crippen LogP) is 3.42. The lowest BCUT2D eigenvalue weighted by molar-refractivity contribution is -0.171. The van der Waals surface area contributed by atoms with E-state index >= 15 is 0 Å². The Morgan fingerprint density at radius 1 is 0.331 bits per heavy atom. The minimum Gasteiger partial charge on any atom is -0.469 e. The van der Waals surface area contributed by atoms with E-state index in [-0.39, 0.29) is 238 Å².